The Labute approximate surface area is 128 Å². The Kier molecular flexibility index (Phi) is 3.76. The Balaban J connectivity index is 2.22. The molecule has 1 saturated carbocycles. The Hall–Kier alpha value is -2.11. The van der Waals surface area contributed by atoms with Crippen LogP contribution in [0, 0.1) is 6.92 Å². The molecule has 3 rings (SSSR count). The molecule has 2 heterocycles. The summed E-state index contributed by atoms with van der Waals surface area (Å²) < 4.78 is 2.58. The summed E-state index contributed by atoms with van der Waals surface area (Å²) in [6.07, 6.45) is 7.69. The van der Waals surface area contributed by atoms with Gasteiger partial charge in [0.15, 0.2) is 5.65 Å². The van der Waals surface area contributed by atoms with Crippen LogP contribution < -0.4 is 16.6 Å². The Morgan fingerprint density at radius 1 is 1.14 bits per heavy atom. The van der Waals surface area contributed by atoms with Crippen molar-refractivity contribution in [3.05, 3.63) is 32.6 Å². The fourth-order valence-corrected chi connectivity index (χ4v) is 3.26. The number of pyridine rings is 1. The van der Waals surface area contributed by atoms with Crippen LogP contribution >= 0.6 is 0 Å². The van der Waals surface area contributed by atoms with Gasteiger partial charge in [0.1, 0.15) is 5.39 Å². The summed E-state index contributed by atoms with van der Waals surface area (Å²) in [6.45, 7) is 1.95. The number of nitrogens with one attached hydrogen (secondary N) is 1. The molecule has 1 aliphatic carbocycles. The number of rotatable bonds is 2. The van der Waals surface area contributed by atoms with Gasteiger partial charge in [0, 0.05) is 26.3 Å². The zero-order valence-corrected chi connectivity index (χ0v) is 13.3. The van der Waals surface area contributed by atoms with Gasteiger partial charge in [-0.25, -0.2) is 9.78 Å². The molecule has 6 nitrogen and oxygen atoms in total. The van der Waals surface area contributed by atoms with Crippen molar-refractivity contribution in [3.8, 4) is 0 Å². The summed E-state index contributed by atoms with van der Waals surface area (Å²) >= 11 is 0. The van der Waals surface area contributed by atoms with E-state index in [1.165, 1.54) is 30.9 Å². The molecule has 0 atom stereocenters. The van der Waals surface area contributed by atoms with Crippen molar-refractivity contribution in [3.63, 3.8) is 0 Å². The van der Waals surface area contributed by atoms with E-state index in [9.17, 15) is 9.59 Å². The first-order chi connectivity index (χ1) is 10.5. The second-order valence-corrected chi connectivity index (χ2v) is 6.20. The molecule has 2 aromatic heterocycles. The number of hydrogen-bond acceptors (Lipinski definition) is 4. The Bertz CT molecular complexity index is 829. The molecule has 0 saturated heterocycles. The summed E-state index contributed by atoms with van der Waals surface area (Å²) in [7, 11) is 3.16. The van der Waals surface area contributed by atoms with Crippen molar-refractivity contribution in [2.75, 3.05) is 5.32 Å². The minimum absolute atomic E-state index is 0.285. The van der Waals surface area contributed by atoms with Crippen molar-refractivity contribution >= 4 is 16.7 Å². The molecule has 0 aromatic carbocycles. The van der Waals surface area contributed by atoms with Crippen LogP contribution in [0.3, 0.4) is 0 Å². The van der Waals surface area contributed by atoms with Crippen molar-refractivity contribution in [1.82, 2.24) is 14.1 Å². The van der Waals surface area contributed by atoms with Gasteiger partial charge in [-0.2, -0.15) is 0 Å². The highest BCUT2D eigenvalue weighted by atomic mass is 16.2. The summed E-state index contributed by atoms with van der Waals surface area (Å²) in [5, 5.41) is 4.05. The predicted molar refractivity (Wildman–Crippen MR) is 87.5 cm³/mol. The second-order valence-electron chi connectivity index (χ2n) is 6.20. The second kappa shape index (κ2) is 5.59. The van der Waals surface area contributed by atoms with Gasteiger partial charge in [-0.3, -0.25) is 13.9 Å². The van der Waals surface area contributed by atoms with Crippen LogP contribution in [-0.2, 0) is 14.1 Å². The molecule has 1 aliphatic rings. The molecule has 22 heavy (non-hydrogen) atoms. The normalized spacial score (nSPS) is 16.1. The summed E-state index contributed by atoms with van der Waals surface area (Å²) in [6, 6.07) is 0.389. The quantitative estimate of drug-likeness (QED) is 0.916. The fourth-order valence-electron chi connectivity index (χ4n) is 3.26. The average molecular weight is 302 g/mol. The van der Waals surface area contributed by atoms with Crippen molar-refractivity contribution in [1.29, 1.82) is 0 Å². The zero-order valence-electron chi connectivity index (χ0n) is 13.3. The van der Waals surface area contributed by atoms with Gasteiger partial charge in [0.05, 0.1) is 5.69 Å². The van der Waals surface area contributed by atoms with Gasteiger partial charge in [-0.1, -0.05) is 19.3 Å². The van der Waals surface area contributed by atoms with Crippen LogP contribution in [0.4, 0.5) is 5.69 Å². The first kappa shape index (κ1) is 14.8. The highest BCUT2D eigenvalue weighted by molar-refractivity contribution is 5.90. The van der Waals surface area contributed by atoms with E-state index in [2.05, 4.69) is 10.3 Å². The molecular weight excluding hydrogens is 280 g/mol. The lowest BCUT2D eigenvalue weighted by molar-refractivity contribution is 0.463. The minimum Gasteiger partial charge on any atom is -0.381 e. The van der Waals surface area contributed by atoms with Crippen molar-refractivity contribution in [2.24, 2.45) is 14.1 Å². The highest BCUT2D eigenvalue weighted by Crippen LogP contribution is 2.26. The number of hydrogen-bond donors (Lipinski definition) is 1. The number of aryl methyl sites for hydroxylation is 2. The maximum Gasteiger partial charge on any atom is 0.332 e. The largest absolute Gasteiger partial charge is 0.381 e. The first-order valence-electron chi connectivity index (χ1n) is 7.82. The lowest BCUT2D eigenvalue weighted by Crippen LogP contribution is -2.38. The number of fused-ring (bicyclic) bond motifs is 1. The van der Waals surface area contributed by atoms with Gasteiger partial charge >= 0.3 is 5.69 Å². The molecule has 0 unspecified atom stereocenters. The Morgan fingerprint density at radius 3 is 2.50 bits per heavy atom. The SMILES string of the molecule is Cc1cnc2c(c1NC1CCCCC1)c(=O)n(C)c(=O)n2C. The molecule has 1 N–H and O–H groups in total. The van der Waals surface area contributed by atoms with E-state index in [0.29, 0.717) is 17.1 Å². The molecule has 0 aliphatic heterocycles. The number of aromatic nitrogens is 3. The molecule has 0 radical (unpaired) electrons. The summed E-state index contributed by atoms with van der Waals surface area (Å²) in [5.41, 5.74) is 1.57. The third-order valence-corrected chi connectivity index (χ3v) is 4.61. The van der Waals surface area contributed by atoms with E-state index in [1.807, 2.05) is 6.92 Å². The third-order valence-electron chi connectivity index (χ3n) is 4.61. The van der Waals surface area contributed by atoms with Crippen LogP contribution in [-0.4, -0.2) is 20.2 Å². The third kappa shape index (κ3) is 2.32. The van der Waals surface area contributed by atoms with Gasteiger partial charge in [-0.15, -0.1) is 0 Å². The maximum absolute atomic E-state index is 12.6. The molecule has 0 amide bonds. The van der Waals surface area contributed by atoms with Gasteiger partial charge in [0.2, 0.25) is 0 Å². The van der Waals surface area contributed by atoms with Gasteiger partial charge in [-0.05, 0) is 25.3 Å². The van der Waals surface area contributed by atoms with Crippen molar-refractivity contribution in [2.45, 2.75) is 45.1 Å². The lowest BCUT2D eigenvalue weighted by atomic mass is 9.95. The molecule has 0 spiro atoms. The monoisotopic (exact) mass is 302 g/mol. The molecule has 118 valence electrons. The maximum atomic E-state index is 12.6. The van der Waals surface area contributed by atoms with E-state index < -0.39 is 0 Å². The predicted octanol–water partition coefficient (Wildman–Crippen LogP) is 1.69. The van der Waals surface area contributed by atoms with Crippen LogP contribution in [0.2, 0.25) is 0 Å². The highest BCUT2D eigenvalue weighted by Gasteiger charge is 2.19. The molecular formula is C16H22N4O2. The average Bonchev–Trinajstić information content (AvgIpc) is 2.53. The minimum atomic E-state index is -0.350. The molecule has 2 aromatic rings. The van der Waals surface area contributed by atoms with Gasteiger partial charge < -0.3 is 5.32 Å². The smallest absolute Gasteiger partial charge is 0.332 e. The van der Waals surface area contributed by atoms with E-state index in [4.69, 9.17) is 0 Å². The fraction of sp³-hybridized carbons (Fsp3) is 0.562. The van der Waals surface area contributed by atoms with Crippen LogP contribution in [0.5, 0.6) is 0 Å². The van der Waals surface area contributed by atoms with E-state index in [0.717, 1.165) is 28.7 Å². The zero-order chi connectivity index (χ0) is 15.9. The van der Waals surface area contributed by atoms with Crippen molar-refractivity contribution < 1.29 is 0 Å². The first-order valence-corrected chi connectivity index (χ1v) is 7.82. The summed E-state index contributed by atoms with van der Waals surface area (Å²) in [4.78, 5) is 28.9. The van der Waals surface area contributed by atoms with Crippen LogP contribution in [0.25, 0.3) is 11.0 Å². The van der Waals surface area contributed by atoms with Crippen LogP contribution in [0.15, 0.2) is 15.8 Å². The molecule has 6 heteroatoms. The van der Waals surface area contributed by atoms with E-state index in [-0.39, 0.29) is 11.2 Å². The molecule has 1 fully saturated rings. The number of anilines is 1. The standard InChI is InChI=1S/C16H22N4O2/c1-10-9-17-14-12(15(21)20(3)16(22)19(14)2)13(10)18-11-7-5-4-6-8-11/h9,11H,4-8H2,1-3H3,(H,17,18). The number of nitrogens with zero attached hydrogens (tertiary/aromatic N) is 3. The lowest BCUT2D eigenvalue weighted by Gasteiger charge is -2.25. The molecule has 0 bridgehead atoms. The summed E-state index contributed by atoms with van der Waals surface area (Å²) in [5.74, 6) is 0. The van der Waals surface area contributed by atoms with E-state index >= 15 is 0 Å². The van der Waals surface area contributed by atoms with Gasteiger partial charge in [0.25, 0.3) is 5.56 Å². The topological polar surface area (TPSA) is 68.9 Å². The van der Waals surface area contributed by atoms with E-state index in [1.54, 1.807) is 13.2 Å². The Morgan fingerprint density at radius 2 is 1.82 bits per heavy atom. The van der Waals surface area contributed by atoms with Crippen LogP contribution in [0.1, 0.15) is 37.7 Å².